The van der Waals surface area contributed by atoms with Gasteiger partial charge < -0.3 is 10.5 Å². The second-order valence-corrected chi connectivity index (χ2v) is 7.35. The fraction of sp³-hybridized carbons (Fsp3) is 0.571. The molecule has 0 aliphatic carbocycles. The first-order chi connectivity index (χ1) is 9.36. The lowest BCUT2D eigenvalue weighted by molar-refractivity contribution is 0.252. The Labute approximate surface area is 120 Å². The summed E-state index contributed by atoms with van der Waals surface area (Å²) in [4.78, 5) is 0.224. The van der Waals surface area contributed by atoms with Crippen LogP contribution in [0.25, 0.3) is 0 Å². The van der Waals surface area contributed by atoms with Gasteiger partial charge in [0.15, 0.2) is 0 Å². The molecule has 1 fully saturated rings. The molecule has 1 heterocycles. The summed E-state index contributed by atoms with van der Waals surface area (Å²) in [5, 5.41) is 0. The molecule has 112 valence electrons. The van der Waals surface area contributed by atoms with E-state index in [-0.39, 0.29) is 10.9 Å². The molecule has 0 aromatic heterocycles. The average Bonchev–Trinajstić information content (AvgIpc) is 2.41. The lowest BCUT2D eigenvalue weighted by Crippen LogP contribution is -2.49. The molecule has 1 aromatic carbocycles. The molecule has 2 rings (SSSR count). The first-order valence-electron chi connectivity index (χ1n) is 6.76. The lowest BCUT2D eigenvalue weighted by atomic mass is 9.96. The Morgan fingerprint density at radius 3 is 2.70 bits per heavy atom. The van der Waals surface area contributed by atoms with Crippen molar-refractivity contribution >= 4 is 10.0 Å². The number of hydrogen-bond donors (Lipinski definition) is 1. The van der Waals surface area contributed by atoms with E-state index in [0.717, 1.165) is 12.0 Å². The Morgan fingerprint density at radius 2 is 2.10 bits per heavy atom. The smallest absolute Gasteiger partial charge is 0.246 e. The summed E-state index contributed by atoms with van der Waals surface area (Å²) in [7, 11) is -2.08. The van der Waals surface area contributed by atoms with Gasteiger partial charge in [-0.2, -0.15) is 4.31 Å². The van der Waals surface area contributed by atoms with Gasteiger partial charge >= 0.3 is 0 Å². The van der Waals surface area contributed by atoms with Crippen molar-refractivity contribution in [3.8, 4) is 5.75 Å². The number of nitrogens with zero attached hydrogens (tertiary/aromatic N) is 1. The van der Waals surface area contributed by atoms with Crippen LogP contribution in [-0.4, -0.2) is 39.0 Å². The van der Waals surface area contributed by atoms with Crippen LogP contribution in [0.5, 0.6) is 5.75 Å². The van der Waals surface area contributed by atoms with Crippen LogP contribution in [-0.2, 0) is 10.0 Å². The minimum absolute atomic E-state index is 0.116. The van der Waals surface area contributed by atoms with Gasteiger partial charge in [-0.15, -0.1) is 0 Å². The van der Waals surface area contributed by atoms with E-state index < -0.39 is 10.0 Å². The van der Waals surface area contributed by atoms with Crippen LogP contribution >= 0.6 is 0 Å². The summed E-state index contributed by atoms with van der Waals surface area (Å²) >= 11 is 0. The van der Waals surface area contributed by atoms with Gasteiger partial charge in [-0.1, -0.05) is 13.0 Å². The Balaban J connectivity index is 2.38. The van der Waals surface area contributed by atoms with E-state index in [1.165, 1.54) is 11.4 Å². The minimum atomic E-state index is -3.56. The fourth-order valence-electron chi connectivity index (χ4n) is 2.41. The van der Waals surface area contributed by atoms with Crippen molar-refractivity contribution in [1.82, 2.24) is 4.31 Å². The summed E-state index contributed by atoms with van der Waals surface area (Å²) in [5.41, 5.74) is 6.89. The van der Waals surface area contributed by atoms with E-state index in [0.29, 0.717) is 24.8 Å². The zero-order chi connectivity index (χ0) is 14.9. The van der Waals surface area contributed by atoms with E-state index in [1.807, 2.05) is 13.0 Å². The van der Waals surface area contributed by atoms with Gasteiger partial charge in [0.05, 0.1) is 7.11 Å². The molecule has 2 unspecified atom stereocenters. The third kappa shape index (κ3) is 2.82. The normalized spacial score (nSPS) is 24.6. The molecular formula is C14H22N2O3S. The first kappa shape index (κ1) is 15.3. The number of benzene rings is 1. The van der Waals surface area contributed by atoms with Crippen LogP contribution in [0, 0.1) is 12.8 Å². The zero-order valence-corrected chi connectivity index (χ0v) is 13.0. The van der Waals surface area contributed by atoms with Crippen LogP contribution in [0.3, 0.4) is 0 Å². The van der Waals surface area contributed by atoms with Crippen LogP contribution in [0.15, 0.2) is 23.1 Å². The van der Waals surface area contributed by atoms with E-state index in [4.69, 9.17) is 10.5 Å². The highest BCUT2D eigenvalue weighted by Crippen LogP contribution is 2.30. The average molecular weight is 298 g/mol. The molecule has 0 spiro atoms. The van der Waals surface area contributed by atoms with Gasteiger partial charge in [-0.25, -0.2) is 8.42 Å². The van der Waals surface area contributed by atoms with E-state index in [9.17, 15) is 8.42 Å². The summed E-state index contributed by atoms with van der Waals surface area (Å²) in [6, 6.07) is 5.06. The summed E-state index contributed by atoms with van der Waals surface area (Å²) in [6.45, 7) is 4.79. The predicted octanol–water partition coefficient (Wildman–Crippen LogP) is 1.36. The molecule has 6 heteroatoms. The number of rotatable bonds is 3. The second-order valence-electron chi connectivity index (χ2n) is 5.45. The Bertz CT molecular complexity index is 586. The van der Waals surface area contributed by atoms with Crippen LogP contribution < -0.4 is 10.5 Å². The fourth-order valence-corrected chi connectivity index (χ4v) is 4.14. The van der Waals surface area contributed by atoms with Crippen LogP contribution in [0.1, 0.15) is 18.9 Å². The number of methoxy groups -OCH3 is 1. The number of sulfonamides is 1. The highest BCUT2D eigenvalue weighted by atomic mass is 32.2. The molecule has 1 aromatic rings. The molecule has 2 atom stereocenters. The van der Waals surface area contributed by atoms with Crippen molar-refractivity contribution in [2.45, 2.75) is 31.2 Å². The number of hydrogen-bond acceptors (Lipinski definition) is 4. The first-order valence-corrected chi connectivity index (χ1v) is 8.20. The summed E-state index contributed by atoms with van der Waals surface area (Å²) in [5.74, 6) is 0.726. The van der Waals surface area contributed by atoms with Gasteiger partial charge in [0.2, 0.25) is 10.0 Å². The second kappa shape index (κ2) is 5.71. The molecule has 1 aliphatic heterocycles. The van der Waals surface area contributed by atoms with Crippen LogP contribution in [0.4, 0.5) is 0 Å². The molecule has 0 saturated carbocycles. The Morgan fingerprint density at radius 1 is 1.40 bits per heavy atom. The molecule has 20 heavy (non-hydrogen) atoms. The van der Waals surface area contributed by atoms with Gasteiger partial charge in [0.1, 0.15) is 10.6 Å². The number of aryl methyl sites for hydroxylation is 1. The van der Waals surface area contributed by atoms with Crippen molar-refractivity contribution in [2.24, 2.45) is 11.7 Å². The molecule has 0 radical (unpaired) electrons. The quantitative estimate of drug-likeness (QED) is 0.914. The van der Waals surface area contributed by atoms with Crippen molar-refractivity contribution in [1.29, 1.82) is 0 Å². The molecule has 0 bridgehead atoms. The van der Waals surface area contributed by atoms with Gasteiger partial charge in [-0.3, -0.25) is 0 Å². The molecule has 1 saturated heterocycles. The van der Waals surface area contributed by atoms with Crippen molar-refractivity contribution in [3.05, 3.63) is 23.8 Å². The predicted molar refractivity (Wildman–Crippen MR) is 78.2 cm³/mol. The van der Waals surface area contributed by atoms with Gasteiger partial charge in [0, 0.05) is 19.1 Å². The van der Waals surface area contributed by atoms with Crippen molar-refractivity contribution in [2.75, 3.05) is 20.2 Å². The van der Waals surface area contributed by atoms with Crippen molar-refractivity contribution < 1.29 is 13.2 Å². The minimum Gasteiger partial charge on any atom is -0.495 e. The molecule has 1 aliphatic rings. The van der Waals surface area contributed by atoms with E-state index in [2.05, 4.69) is 6.92 Å². The van der Waals surface area contributed by atoms with Gasteiger partial charge in [0.25, 0.3) is 0 Å². The highest BCUT2D eigenvalue weighted by Gasteiger charge is 2.33. The maximum absolute atomic E-state index is 12.8. The number of ether oxygens (including phenoxy) is 1. The third-order valence-electron chi connectivity index (χ3n) is 3.92. The van der Waals surface area contributed by atoms with E-state index >= 15 is 0 Å². The highest BCUT2D eigenvalue weighted by molar-refractivity contribution is 7.89. The SMILES string of the molecule is COc1ccc(C)cc1S(=O)(=O)N1CCC(C)C(N)C1. The van der Waals surface area contributed by atoms with Gasteiger partial charge in [-0.05, 0) is 37.0 Å². The van der Waals surface area contributed by atoms with Crippen molar-refractivity contribution in [3.63, 3.8) is 0 Å². The third-order valence-corrected chi connectivity index (χ3v) is 5.80. The Kier molecular flexibility index (Phi) is 4.36. The molecule has 2 N–H and O–H groups in total. The van der Waals surface area contributed by atoms with Crippen LogP contribution in [0.2, 0.25) is 0 Å². The zero-order valence-electron chi connectivity index (χ0n) is 12.2. The standard InChI is InChI=1S/C14H22N2O3S/c1-10-4-5-13(19-3)14(8-10)20(17,18)16-7-6-11(2)12(15)9-16/h4-5,8,11-12H,6-7,9,15H2,1-3H3. The molecule has 0 amide bonds. The Hall–Kier alpha value is -1.11. The summed E-state index contributed by atoms with van der Waals surface area (Å²) < 4.78 is 32.2. The van der Waals surface area contributed by atoms with E-state index in [1.54, 1.807) is 12.1 Å². The topological polar surface area (TPSA) is 72.6 Å². The molecule has 5 nitrogen and oxygen atoms in total. The largest absolute Gasteiger partial charge is 0.495 e. The maximum Gasteiger partial charge on any atom is 0.246 e. The maximum atomic E-state index is 12.8. The monoisotopic (exact) mass is 298 g/mol. The number of piperidine rings is 1. The summed E-state index contributed by atoms with van der Waals surface area (Å²) in [6.07, 6.45) is 0.786. The number of nitrogens with two attached hydrogens (primary N) is 1. The molecular weight excluding hydrogens is 276 g/mol. The lowest BCUT2D eigenvalue weighted by Gasteiger charge is -2.34.